The first kappa shape index (κ1) is 20.3. The van der Waals surface area contributed by atoms with E-state index in [9.17, 15) is 18.4 Å². The summed E-state index contributed by atoms with van der Waals surface area (Å²) in [4.78, 5) is 26.4. The van der Waals surface area contributed by atoms with E-state index in [0.29, 0.717) is 6.42 Å². The van der Waals surface area contributed by atoms with Crippen molar-refractivity contribution in [2.24, 2.45) is 5.92 Å². The largest absolute Gasteiger partial charge is 0.274 e. The molecule has 0 fully saturated rings. The van der Waals surface area contributed by atoms with Crippen LogP contribution >= 0.6 is 23.2 Å². The molecule has 0 bridgehead atoms. The van der Waals surface area contributed by atoms with Crippen molar-refractivity contribution in [2.45, 2.75) is 20.3 Å². The van der Waals surface area contributed by atoms with Crippen molar-refractivity contribution in [3.63, 3.8) is 0 Å². The van der Waals surface area contributed by atoms with Crippen LogP contribution in [0.3, 0.4) is 0 Å². The Bertz CT molecular complexity index is 777. The van der Waals surface area contributed by atoms with E-state index >= 15 is 0 Å². The molecule has 0 aliphatic rings. The summed E-state index contributed by atoms with van der Waals surface area (Å²) in [6.07, 6.45) is 0.474. The zero-order valence-electron chi connectivity index (χ0n) is 14.2. The minimum atomic E-state index is -0.923. The average molecular weight is 400 g/mol. The number of benzene rings is 2. The number of carbonyl (C=O) groups excluding carboxylic acids is 2. The zero-order chi connectivity index (χ0) is 19.4. The molecule has 2 amide bonds. The lowest BCUT2D eigenvalue weighted by atomic mass is 10.1. The lowest BCUT2D eigenvalue weighted by Gasteiger charge is -2.22. The van der Waals surface area contributed by atoms with Crippen molar-refractivity contribution in [1.82, 2.24) is 4.90 Å². The van der Waals surface area contributed by atoms with E-state index in [1.807, 2.05) is 13.8 Å². The molecule has 2 aromatic rings. The van der Waals surface area contributed by atoms with Crippen molar-refractivity contribution in [1.29, 1.82) is 0 Å². The van der Waals surface area contributed by atoms with Crippen LogP contribution in [-0.2, 0) is 0 Å². The zero-order valence-corrected chi connectivity index (χ0v) is 15.7. The first-order chi connectivity index (χ1) is 12.2. The Kier molecular flexibility index (Phi) is 6.73. The fourth-order valence-corrected chi connectivity index (χ4v) is 2.66. The van der Waals surface area contributed by atoms with Crippen LogP contribution in [0.2, 0.25) is 10.0 Å². The van der Waals surface area contributed by atoms with Gasteiger partial charge in [-0.25, -0.2) is 8.78 Å². The standard InChI is InChI=1S/C19H17Cl2F2NO2/c1-11(2)9-10-24(18(25)12-5-3-7-14(20)16(12)22)19(26)13-6-4-8-15(21)17(13)23/h3-8,11H,9-10H2,1-2H3. The van der Waals surface area contributed by atoms with E-state index < -0.39 is 23.4 Å². The van der Waals surface area contributed by atoms with Gasteiger partial charge in [0, 0.05) is 6.54 Å². The maximum absolute atomic E-state index is 14.2. The molecule has 0 unspecified atom stereocenters. The highest BCUT2D eigenvalue weighted by Crippen LogP contribution is 2.23. The lowest BCUT2D eigenvalue weighted by molar-refractivity contribution is 0.0604. The SMILES string of the molecule is CC(C)CCN(C(=O)c1cccc(Cl)c1F)C(=O)c1cccc(Cl)c1F. The number of hydrogen-bond donors (Lipinski definition) is 0. The van der Waals surface area contributed by atoms with E-state index in [-0.39, 0.29) is 33.6 Å². The second kappa shape index (κ2) is 8.60. The smallest absolute Gasteiger partial charge is 0.263 e. The Balaban J connectivity index is 2.45. The highest BCUT2D eigenvalue weighted by atomic mass is 35.5. The minimum absolute atomic E-state index is 0.00718. The lowest BCUT2D eigenvalue weighted by Crippen LogP contribution is -2.39. The highest BCUT2D eigenvalue weighted by molar-refractivity contribution is 6.31. The first-order valence-electron chi connectivity index (χ1n) is 7.98. The summed E-state index contributed by atoms with van der Waals surface area (Å²) in [7, 11) is 0. The molecular weight excluding hydrogens is 383 g/mol. The molecule has 0 aliphatic carbocycles. The Morgan fingerprint density at radius 3 is 1.73 bits per heavy atom. The highest BCUT2D eigenvalue weighted by Gasteiger charge is 2.29. The minimum Gasteiger partial charge on any atom is -0.274 e. The van der Waals surface area contributed by atoms with E-state index in [1.54, 1.807) is 0 Å². The fourth-order valence-electron chi connectivity index (χ4n) is 2.31. The van der Waals surface area contributed by atoms with Crippen LogP contribution in [-0.4, -0.2) is 23.3 Å². The van der Waals surface area contributed by atoms with Crippen molar-refractivity contribution >= 4 is 35.0 Å². The van der Waals surface area contributed by atoms with Gasteiger partial charge in [0.2, 0.25) is 0 Å². The first-order valence-corrected chi connectivity index (χ1v) is 8.73. The molecule has 0 atom stereocenters. The molecule has 26 heavy (non-hydrogen) atoms. The van der Waals surface area contributed by atoms with Crippen LogP contribution in [0.15, 0.2) is 36.4 Å². The molecule has 138 valence electrons. The number of carbonyl (C=O) groups is 2. The molecular formula is C19H17Cl2F2NO2. The van der Waals surface area contributed by atoms with Crippen molar-refractivity contribution in [3.05, 3.63) is 69.2 Å². The Morgan fingerprint density at radius 1 is 0.923 bits per heavy atom. The second-order valence-electron chi connectivity index (χ2n) is 6.15. The van der Waals surface area contributed by atoms with Crippen LogP contribution < -0.4 is 0 Å². The number of rotatable bonds is 5. The van der Waals surface area contributed by atoms with E-state index in [1.165, 1.54) is 36.4 Å². The maximum Gasteiger partial charge on any atom is 0.263 e. The number of halogens is 4. The Labute approximate surface area is 160 Å². The fraction of sp³-hybridized carbons (Fsp3) is 0.263. The molecule has 0 aromatic heterocycles. The summed E-state index contributed by atoms with van der Waals surface area (Å²) in [5.74, 6) is -3.43. The van der Waals surface area contributed by atoms with Crippen molar-refractivity contribution in [3.8, 4) is 0 Å². The Morgan fingerprint density at radius 2 is 1.35 bits per heavy atom. The molecule has 2 aromatic carbocycles. The summed E-state index contributed by atoms with van der Waals surface area (Å²) >= 11 is 11.4. The number of amides is 2. The van der Waals surface area contributed by atoms with Crippen molar-refractivity contribution < 1.29 is 18.4 Å². The van der Waals surface area contributed by atoms with E-state index in [4.69, 9.17) is 23.2 Å². The summed E-state index contributed by atoms with van der Waals surface area (Å²) in [5, 5.41) is -0.470. The Hall–Kier alpha value is -1.98. The van der Waals surface area contributed by atoms with E-state index in [0.717, 1.165) is 4.90 Å². The van der Waals surface area contributed by atoms with Crippen LogP contribution in [0.4, 0.5) is 8.78 Å². The van der Waals surface area contributed by atoms with Crippen molar-refractivity contribution in [2.75, 3.05) is 6.54 Å². The number of nitrogens with zero attached hydrogens (tertiary/aromatic N) is 1. The summed E-state index contributed by atoms with van der Waals surface area (Å²) < 4.78 is 28.5. The second-order valence-corrected chi connectivity index (χ2v) is 6.96. The average Bonchev–Trinajstić information content (AvgIpc) is 2.59. The molecule has 0 aliphatic heterocycles. The predicted molar refractivity (Wildman–Crippen MR) is 97.6 cm³/mol. The molecule has 0 N–H and O–H groups in total. The number of hydrogen-bond acceptors (Lipinski definition) is 2. The number of imide groups is 1. The van der Waals surface area contributed by atoms with Crippen LogP contribution in [0, 0.1) is 17.6 Å². The monoisotopic (exact) mass is 399 g/mol. The summed E-state index contributed by atoms with van der Waals surface area (Å²) in [6, 6.07) is 7.86. The van der Waals surface area contributed by atoms with Gasteiger partial charge in [-0.1, -0.05) is 49.2 Å². The normalized spacial score (nSPS) is 10.9. The third-order valence-corrected chi connectivity index (χ3v) is 4.37. The summed E-state index contributed by atoms with van der Waals surface area (Å²) in [5.41, 5.74) is -0.700. The van der Waals surface area contributed by atoms with E-state index in [2.05, 4.69) is 0 Å². The van der Waals surface area contributed by atoms with Gasteiger partial charge < -0.3 is 0 Å². The van der Waals surface area contributed by atoms with Crippen LogP contribution in [0.5, 0.6) is 0 Å². The van der Waals surface area contributed by atoms with Gasteiger partial charge in [0.05, 0.1) is 21.2 Å². The quantitative estimate of drug-likeness (QED) is 0.613. The molecule has 0 radical (unpaired) electrons. The molecule has 0 saturated heterocycles. The molecule has 3 nitrogen and oxygen atoms in total. The van der Waals surface area contributed by atoms with Gasteiger partial charge in [-0.3, -0.25) is 14.5 Å². The summed E-state index contributed by atoms with van der Waals surface area (Å²) in [6.45, 7) is 3.83. The molecule has 2 rings (SSSR count). The predicted octanol–water partition coefficient (Wildman–Crippen LogP) is 5.60. The van der Waals surface area contributed by atoms with Gasteiger partial charge in [0.25, 0.3) is 11.8 Å². The maximum atomic E-state index is 14.2. The third-order valence-electron chi connectivity index (χ3n) is 3.78. The van der Waals surface area contributed by atoms with Crippen LogP contribution in [0.25, 0.3) is 0 Å². The molecule has 0 saturated carbocycles. The topological polar surface area (TPSA) is 37.4 Å². The molecule has 7 heteroatoms. The molecule has 0 spiro atoms. The van der Waals surface area contributed by atoms with Crippen LogP contribution in [0.1, 0.15) is 41.0 Å². The van der Waals surface area contributed by atoms with Gasteiger partial charge in [-0.15, -0.1) is 0 Å². The third kappa shape index (κ3) is 4.40. The van der Waals surface area contributed by atoms with Gasteiger partial charge in [0.15, 0.2) is 11.6 Å². The molecule has 0 heterocycles. The van der Waals surface area contributed by atoms with Gasteiger partial charge in [0.1, 0.15) is 0 Å². The van der Waals surface area contributed by atoms with Gasteiger partial charge in [-0.2, -0.15) is 0 Å². The van der Waals surface area contributed by atoms with Gasteiger partial charge >= 0.3 is 0 Å². The van der Waals surface area contributed by atoms with Gasteiger partial charge in [-0.05, 0) is 36.6 Å².